The molecule has 1 aliphatic heterocycles. The first-order chi connectivity index (χ1) is 16.5. The highest BCUT2D eigenvalue weighted by Gasteiger charge is 2.60. The summed E-state index contributed by atoms with van der Waals surface area (Å²) in [5, 5.41) is 11.9. The van der Waals surface area contributed by atoms with E-state index in [4.69, 9.17) is 14.6 Å². The number of carboxylic acids is 1. The molecule has 3 aliphatic rings. The number of aliphatic carboxylic acids is 1. The molecule has 2 aromatic carbocycles. The van der Waals surface area contributed by atoms with Gasteiger partial charge in [0.25, 0.3) is 5.91 Å². The van der Waals surface area contributed by atoms with Gasteiger partial charge in [0.2, 0.25) is 0 Å². The summed E-state index contributed by atoms with van der Waals surface area (Å²) in [7, 11) is 1.47. The Morgan fingerprint density at radius 2 is 1.62 bits per heavy atom. The molecule has 2 aliphatic carbocycles. The van der Waals surface area contributed by atoms with Gasteiger partial charge in [0.05, 0.1) is 5.92 Å². The lowest BCUT2D eigenvalue weighted by Crippen LogP contribution is -2.42. The number of fused-ring (bicyclic) bond motifs is 4. The SMILES string of the molecule is COC(CCNC(=O)OCC1c2ccccc2-c2ccccc21)C(=O)N1CC2C(C1)C2C(=O)O. The minimum absolute atomic E-state index is 0.0114. The highest BCUT2D eigenvalue weighted by Crippen LogP contribution is 2.52. The summed E-state index contributed by atoms with van der Waals surface area (Å²) < 4.78 is 10.9. The molecule has 2 fully saturated rings. The average molecular weight is 465 g/mol. The quantitative estimate of drug-likeness (QED) is 0.623. The van der Waals surface area contributed by atoms with Crippen molar-refractivity contribution in [1.29, 1.82) is 0 Å². The molecule has 0 bridgehead atoms. The third-order valence-electron chi connectivity index (χ3n) is 7.37. The zero-order valence-electron chi connectivity index (χ0n) is 19.0. The largest absolute Gasteiger partial charge is 0.481 e. The van der Waals surface area contributed by atoms with Crippen molar-refractivity contribution >= 4 is 18.0 Å². The van der Waals surface area contributed by atoms with E-state index in [2.05, 4.69) is 29.6 Å². The highest BCUT2D eigenvalue weighted by molar-refractivity contribution is 5.83. The number of alkyl carbamates (subject to hydrolysis) is 1. The molecule has 8 nitrogen and oxygen atoms in total. The number of likely N-dealkylation sites (tertiary alicyclic amines) is 1. The Hall–Kier alpha value is -3.39. The Balaban J connectivity index is 1.09. The van der Waals surface area contributed by atoms with Crippen LogP contribution in [0, 0.1) is 17.8 Å². The number of benzene rings is 2. The predicted octanol–water partition coefficient (Wildman–Crippen LogP) is 2.72. The maximum atomic E-state index is 12.7. The molecule has 178 valence electrons. The van der Waals surface area contributed by atoms with Crippen LogP contribution >= 0.6 is 0 Å². The first-order valence-electron chi connectivity index (χ1n) is 11.6. The van der Waals surface area contributed by atoms with Crippen LogP contribution < -0.4 is 5.32 Å². The van der Waals surface area contributed by atoms with E-state index < -0.39 is 18.2 Å². The van der Waals surface area contributed by atoms with Crippen LogP contribution in [0.5, 0.6) is 0 Å². The van der Waals surface area contributed by atoms with Crippen molar-refractivity contribution in [3.63, 3.8) is 0 Å². The van der Waals surface area contributed by atoms with Crippen LogP contribution in [-0.2, 0) is 19.1 Å². The summed E-state index contributed by atoms with van der Waals surface area (Å²) in [4.78, 5) is 37.9. The summed E-state index contributed by atoms with van der Waals surface area (Å²) in [5.74, 6) is -1.16. The Morgan fingerprint density at radius 1 is 1.03 bits per heavy atom. The monoisotopic (exact) mass is 464 g/mol. The number of nitrogens with zero attached hydrogens (tertiary/aromatic N) is 1. The predicted molar refractivity (Wildman–Crippen MR) is 123 cm³/mol. The molecule has 1 saturated carbocycles. The summed E-state index contributed by atoms with van der Waals surface area (Å²) >= 11 is 0. The van der Waals surface area contributed by atoms with E-state index in [-0.39, 0.29) is 42.7 Å². The van der Waals surface area contributed by atoms with E-state index in [1.165, 1.54) is 18.2 Å². The lowest BCUT2D eigenvalue weighted by atomic mass is 9.98. The van der Waals surface area contributed by atoms with Crippen molar-refractivity contribution in [2.75, 3.05) is 33.4 Å². The number of hydrogen-bond donors (Lipinski definition) is 2. The fourth-order valence-corrected chi connectivity index (χ4v) is 5.57. The van der Waals surface area contributed by atoms with Gasteiger partial charge in [-0.3, -0.25) is 9.59 Å². The number of ether oxygens (including phenoxy) is 2. The molecule has 3 unspecified atom stereocenters. The number of rotatable bonds is 8. The van der Waals surface area contributed by atoms with Gasteiger partial charge >= 0.3 is 12.1 Å². The van der Waals surface area contributed by atoms with Crippen molar-refractivity contribution in [2.45, 2.75) is 18.4 Å². The van der Waals surface area contributed by atoms with Crippen LogP contribution in [0.25, 0.3) is 11.1 Å². The first kappa shape index (κ1) is 22.4. The molecule has 1 saturated heterocycles. The first-order valence-corrected chi connectivity index (χ1v) is 11.6. The minimum atomic E-state index is -0.780. The second-order valence-corrected chi connectivity index (χ2v) is 9.20. The summed E-state index contributed by atoms with van der Waals surface area (Å²) in [6.07, 6.45) is -0.904. The van der Waals surface area contributed by atoms with E-state index in [1.54, 1.807) is 4.90 Å². The molecule has 0 radical (unpaired) electrons. The van der Waals surface area contributed by atoms with Crippen LogP contribution in [0.2, 0.25) is 0 Å². The van der Waals surface area contributed by atoms with Crippen LogP contribution in [0.15, 0.2) is 48.5 Å². The van der Waals surface area contributed by atoms with E-state index in [1.807, 2.05) is 24.3 Å². The van der Waals surface area contributed by atoms with E-state index in [9.17, 15) is 14.4 Å². The standard InChI is InChI=1S/C26H28N2O6/c1-33-22(24(29)28-12-19-20(13-28)23(19)25(30)31)10-11-27-26(32)34-14-21-17-8-4-2-6-15(17)16-7-3-5-9-18(16)21/h2-9,19-23H,10-14H2,1H3,(H,27,32)(H,30,31). The number of amides is 2. The number of methoxy groups -OCH3 is 1. The van der Waals surface area contributed by atoms with Gasteiger partial charge in [0.15, 0.2) is 0 Å². The maximum Gasteiger partial charge on any atom is 0.407 e. The third kappa shape index (κ3) is 4.03. The van der Waals surface area contributed by atoms with Gasteiger partial charge in [-0.05, 0) is 34.1 Å². The van der Waals surface area contributed by atoms with Gasteiger partial charge in [-0.2, -0.15) is 0 Å². The average Bonchev–Trinajstić information content (AvgIpc) is 3.20. The molecule has 2 aromatic rings. The number of carboxylic acid groups (broad SMARTS) is 1. The van der Waals surface area contributed by atoms with Crippen molar-refractivity contribution in [3.8, 4) is 11.1 Å². The molecule has 2 amide bonds. The lowest BCUT2D eigenvalue weighted by molar-refractivity contribution is -0.144. The van der Waals surface area contributed by atoms with E-state index in [0.29, 0.717) is 19.5 Å². The maximum absolute atomic E-state index is 12.7. The topological polar surface area (TPSA) is 105 Å². The molecule has 3 atom stereocenters. The van der Waals surface area contributed by atoms with E-state index in [0.717, 1.165) is 11.1 Å². The second-order valence-electron chi connectivity index (χ2n) is 9.20. The van der Waals surface area contributed by atoms with E-state index >= 15 is 0 Å². The molecule has 2 N–H and O–H groups in total. The molecule has 0 aromatic heterocycles. The number of nitrogens with one attached hydrogen (secondary N) is 1. The highest BCUT2D eigenvalue weighted by atomic mass is 16.5. The molecular weight excluding hydrogens is 436 g/mol. The Morgan fingerprint density at radius 3 is 2.18 bits per heavy atom. The minimum Gasteiger partial charge on any atom is -0.481 e. The van der Waals surface area contributed by atoms with Gasteiger partial charge in [-0.1, -0.05) is 48.5 Å². The fraction of sp³-hybridized carbons (Fsp3) is 0.423. The smallest absolute Gasteiger partial charge is 0.407 e. The van der Waals surface area contributed by atoms with Crippen LogP contribution in [0.4, 0.5) is 4.79 Å². The van der Waals surface area contributed by atoms with Crippen molar-refractivity contribution < 1.29 is 29.0 Å². The molecule has 0 spiro atoms. The van der Waals surface area contributed by atoms with Crippen molar-refractivity contribution in [2.24, 2.45) is 17.8 Å². The third-order valence-corrected chi connectivity index (χ3v) is 7.37. The molecule has 34 heavy (non-hydrogen) atoms. The number of carbonyl (C=O) groups excluding carboxylic acids is 2. The summed E-state index contributed by atoms with van der Waals surface area (Å²) in [6, 6.07) is 16.3. The van der Waals surface area contributed by atoms with Crippen LogP contribution in [0.3, 0.4) is 0 Å². The normalized spacial score (nSPS) is 23.0. The number of hydrogen-bond acceptors (Lipinski definition) is 5. The van der Waals surface area contributed by atoms with Crippen molar-refractivity contribution in [1.82, 2.24) is 10.2 Å². The Bertz CT molecular complexity index is 1060. The van der Waals surface area contributed by atoms with Gasteiger partial charge < -0.3 is 24.8 Å². The fourth-order valence-electron chi connectivity index (χ4n) is 5.57. The van der Waals surface area contributed by atoms with Crippen LogP contribution in [0.1, 0.15) is 23.5 Å². The molecule has 1 heterocycles. The molecular formula is C26H28N2O6. The van der Waals surface area contributed by atoms with Gasteiger partial charge in [0.1, 0.15) is 12.7 Å². The van der Waals surface area contributed by atoms with Crippen LogP contribution in [-0.4, -0.2) is 67.4 Å². The van der Waals surface area contributed by atoms with Gasteiger partial charge in [-0.15, -0.1) is 0 Å². The van der Waals surface area contributed by atoms with Gasteiger partial charge in [0, 0.05) is 39.1 Å². The summed E-state index contributed by atoms with van der Waals surface area (Å²) in [5.41, 5.74) is 4.64. The Kier molecular flexibility index (Phi) is 6.00. The lowest BCUT2D eigenvalue weighted by Gasteiger charge is -2.24. The Labute approximate surface area is 197 Å². The zero-order valence-corrected chi connectivity index (χ0v) is 19.0. The number of piperidine rings is 1. The van der Waals surface area contributed by atoms with Crippen molar-refractivity contribution in [3.05, 3.63) is 59.7 Å². The number of carbonyl (C=O) groups is 3. The molecule has 5 rings (SSSR count). The second kappa shape index (κ2) is 9.10. The zero-order chi connectivity index (χ0) is 23.8. The summed E-state index contributed by atoms with van der Waals surface area (Å²) in [6.45, 7) is 1.38. The van der Waals surface area contributed by atoms with Gasteiger partial charge in [-0.25, -0.2) is 4.79 Å². The molecule has 8 heteroatoms.